The number of hydrogen-bond acceptors (Lipinski definition) is 3. The van der Waals surface area contributed by atoms with Crippen molar-refractivity contribution in [2.24, 2.45) is 5.16 Å². The molecule has 0 unspecified atom stereocenters. The molecule has 1 aromatic rings. The number of carbonyl (C=O) groups excluding carboxylic acids is 1. The van der Waals surface area contributed by atoms with E-state index in [0.717, 1.165) is 0 Å². The fraction of sp³-hybridized carbons (Fsp3) is 0.200. The SMILES string of the molecule is CNC(=O)N(C)/C=N/Oc1ccccc1. The van der Waals surface area contributed by atoms with Crippen LogP contribution in [-0.2, 0) is 0 Å². The Morgan fingerprint density at radius 1 is 1.47 bits per heavy atom. The quantitative estimate of drug-likeness (QED) is 0.461. The first-order chi connectivity index (χ1) is 7.24. The van der Waals surface area contributed by atoms with Crippen LogP contribution in [-0.4, -0.2) is 31.4 Å². The third-order valence-corrected chi connectivity index (χ3v) is 1.66. The molecule has 0 saturated carbocycles. The fourth-order valence-electron chi connectivity index (χ4n) is 0.865. The highest BCUT2D eigenvalue weighted by atomic mass is 16.6. The molecule has 2 amide bonds. The number of nitrogens with one attached hydrogen (secondary N) is 1. The number of oxime groups is 1. The van der Waals surface area contributed by atoms with Gasteiger partial charge >= 0.3 is 6.03 Å². The molecular formula is C10H13N3O2. The van der Waals surface area contributed by atoms with Crippen LogP contribution in [0.4, 0.5) is 4.79 Å². The summed E-state index contributed by atoms with van der Waals surface area (Å²) < 4.78 is 0. The molecule has 80 valence electrons. The summed E-state index contributed by atoms with van der Waals surface area (Å²) in [6.45, 7) is 0. The highest BCUT2D eigenvalue weighted by Crippen LogP contribution is 2.07. The minimum Gasteiger partial charge on any atom is -0.356 e. The maximum atomic E-state index is 11.0. The Balaban J connectivity index is 2.43. The van der Waals surface area contributed by atoms with Crippen molar-refractivity contribution in [3.63, 3.8) is 0 Å². The second-order valence-electron chi connectivity index (χ2n) is 2.79. The first-order valence-electron chi connectivity index (χ1n) is 4.44. The summed E-state index contributed by atoms with van der Waals surface area (Å²) in [5, 5.41) is 6.10. The van der Waals surface area contributed by atoms with Gasteiger partial charge in [-0.25, -0.2) is 4.79 Å². The number of para-hydroxylation sites is 1. The van der Waals surface area contributed by atoms with Crippen molar-refractivity contribution >= 4 is 12.4 Å². The van der Waals surface area contributed by atoms with Crippen molar-refractivity contribution in [1.82, 2.24) is 10.2 Å². The lowest BCUT2D eigenvalue weighted by atomic mass is 10.3. The Labute approximate surface area is 88.3 Å². The van der Waals surface area contributed by atoms with E-state index in [0.29, 0.717) is 5.75 Å². The molecule has 0 spiro atoms. The van der Waals surface area contributed by atoms with Gasteiger partial charge in [-0.15, -0.1) is 0 Å². The van der Waals surface area contributed by atoms with E-state index in [1.54, 1.807) is 26.2 Å². The highest BCUT2D eigenvalue weighted by Gasteiger charge is 2.00. The van der Waals surface area contributed by atoms with Gasteiger partial charge in [-0.1, -0.05) is 23.4 Å². The van der Waals surface area contributed by atoms with Gasteiger partial charge in [0.2, 0.25) is 0 Å². The molecule has 1 aromatic carbocycles. The molecule has 0 bridgehead atoms. The maximum absolute atomic E-state index is 11.0. The molecule has 0 saturated heterocycles. The van der Waals surface area contributed by atoms with E-state index >= 15 is 0 Å². The van der Waals surface area contributed by atoms with Gasteiger partial charge in [0.05, 0.1) is 0 Å². The molecule has 0 heterocycles. The molecule has 1 N–H and O–H groups in total. The molecule has 0 radical (unpaired) electrons. The normalized spacial score (nSPS) is 10.0. The van der Waals surface area contributed by atoms with Crippen LogP contribution in [0.25, 0.3) is 0 Å². The van der Waals surface area contributed by atoms with Crippen molar-refractivity contribution in [2.75, 3.05) is 14.1 Å². The van der Waals surface area contributed by atoms with Gasteiger partial charge in [-0.2, -0.15) is 0 Å². The van der Waals surface area contributed by atoms with Crippen molar-refractivity contribution in [2.45, 2.75) is 0 Å². The lowest BCUT2D eigenvalue weighted by Gasteiger charge is -2.08. The zero-order chi connectivity index (χ0) is 11.1. The maximum Gasteiger partial charge on any atom is 0.322 e. The van der Waals surface area contributed by atoms with Crippen LogP contribution in [0.15, 0.2) is 35.5 Å². The molecule has 0 aliphatic rings. The number of hydrogen-bond donors (Lipinski definition) is 1. The van der Waals surface area contributed by atoms with Crippen LogP contribution in [0.5, 0.6) is 5.75 Å². The van der Waals surface area contributed by atoms with Gasteiger partial charge < -0.3 is 10.2 Å². The fourth-order valence-corrected chi connectivity index (χ4v) is 0.865. The topological polar surface area (TPSA) is 53.9 Å². The molecule has 0 fully saturated rings. The van der Waals surface area contributed by atoms with Crippen LogP contribution in [0.2, 0.25) is 0 Å². The third kappa shape index (κ3) is 3.68. The minimum atomic E-state index is -0.254. The zero-order valence-electron chi connectivity index (χ0n) is 8.68. The molecule has 0 aromatic heterocycles. The molecule has 0 aliphatic heterocycles. The first-order valence-corrected chi connectivity index (χ1v) is 4.44. The largest absolute Gasteiger partial charge is 0.356 e. The number of amides is 2. The number of nitrogens with zero attached hydrogens (tertiary/aromatic N) is 2. The zero-order valence-corrected chi connectivity index (χ0v) is 8.68. The summed E-state index contributed by atoms with van der Waals surface area (Å²) in [7, 11) is 3.13. The Bertz CT molecular complexity index is 338. The van der Waals surface area contributed by atoms with E-state index in [2.05, 4.69) is 10.5 Å². The van der Waals surface area contributed by atoms with Crippen molar-refractivity contribution in [1.29, 1.82) is 0 Å². The number of urea groups is 1. The number of benzene rings is 1. The van der Waals surface area contributed by atoms with E-state index in [4.69, 9.17) is 4.84 Å². The summed E-state index contributed by atoms with van der Waals surface area (Å²) in [6, 6.07) is 8.86. The molecule has 0 aliphatic carbocycles. The lowest BCUT2D eigenvalue weighted by molar-refractivity contribution is 0.228. The molecule has 0 atom stereocenters. The van der Waals surface area contributed by atoms with Gasteiger partial charge in [0.15, 0.2) is 5.75 Å². The monoisotopic (exact) mass is 207 g/mol. The Morgan fingerprint density at radius 3 is 2.73 bits per heavy atom. The Hall–Kier alpha value is -2.04. The molecule has 15 heavy (non-hydrogen) atoms. The van der Waals surface area contributed by atoms with Crippen LogP contribution >= 0.6 is 0 Å². The van der Waals surface area contributed by atoms with Gasteiger partial charge in [-0.05, 0) is 12.1 Å². The van der Waals surface area contributed by atoms with Crippen LogP contribution in [0, 0.1) is 0 Å². The summed E-state index contributed by atoms with van der Waals surface area (Å²) in [5.74, 6) is 0.624. The number of rotatable bonds is 3. The smallest absolute Gasteiger partial charge is 0.322 e. The minimum absolute atomic E-state index is 0.254. The van der Waals surface area contributed by atoms with Crippen LogP contribution in [0.3, 0.4) is 0 Å². The van der Waals surface area contributed by atoms with Crippen LogP contribution < -0.4 is 10.2 Å². The van der Waals surface area contributed by atoms with Gasteiger partial charge in [0, 0.05) is 14.1 Å². The second kappa shape index (κ2) is 5.64. The predicted octanol–water partition coefficient (Wildman–Crippen LogP) is 1.28. The standard InChI is InChI=1S/C10H13N3O2/c1-11-10(14)13(2)8-12-15-9-6-4-3-5-7-9/h3-8H,1-2H3,(H,11,14)/b12-8+. The van der Waals surface area contributed by atoms with E-state index in [1.165, 1.54) is 11.2 Å². The molecule has 1 rings (SSSR count). The van der Waals surface area contributed by atoms with Crippen molar-refractivity contribution < 1.29 is 9.63 Å². The highest BCUT2D eigenvalue weighted by molar-refractivity contribution is 5.85. The molecular weight excluding hydrogens is 194 g/mol. The second-order valence-corrected chi connectivity index (χ2v) is 2.79. The van der Waals surface area contributed by atoms with Gasteiger partial charge in [0.25, 0.3) is 0 Å². The van der Waals surface area contributed by atoms with E-state index in [1.807, 2.05) is 18.2 Å². The average molecular weight is 207 g/mol. The van der Waals surface area contributed by atoms with Gasteiger partial charge in [0.1, 0.15) is 6.34 Å². The summed E-state index contributed by atoms with van der Waals surface area (Å²) in [5.41, 5.74) is 0. The molecule has 5 heteroatoms. The lowest BCUT2D eigenvalue weighted by Crippen LogP contribution is -2.33. The van der Waals surface area contributed by atoms with Crippen molar-refractivity contribution in [3.05, 3.63) is 30.3 Å². The van der Waals surface area contributed by atoms with Gasteiger partial charge in [-0.3, -0.25) is 4.90 Å². The Kier molecular flexibility index (Phi) is 4.15. The Morgan fingerprint density at radius 2 is 2.13 bits per heavy atom. The van der Waals surface area contributed by atoms with Crippen molar-refractivity contribution in [3.8, 4) is 5.75 Å². The van der Waals surface area contributed by atoms with Crippen LogP contribution in [0.1, 0.15) is 0 Å². The van der Waals surface area contributed by atoms with E-state index in [-0.39, 0.29) is 6.03 Å². The number of carbonyl (C=O) groups is 1. The van der Waals surface area contributed by atoms with E-state index < -0.39 is 0 Å². The summed E-state index contributed by atoms with van der Waals surface area (Å²) in [6.07, 6.45) is 1.30. The third-order valence-electron chi connectivity index (χ3n) is 1.66. The van der Waals surface area contributed by atoms with E-state index in [9.17, 15) is 4.79 Å². The average Bonchev–Trinajstić information content (AvgIpc) is 2.29. The predicted molar refractivity (Wildman–Crippen MR) is 57.8 cm³/mol. The summed E-state index contributed by atoms with van der Waals surface area (Å²) >= 11 is 0. The summed E-state index contributed by atoms with van der Waals surface area (Å²) in [4.78, 5) is 17.3. The first kappa shape index (κ1) is 11.0. The molecule has 5 nitrogen and oxygen atoms in total.